The Morgan fingerprint density at radius 2 is 2.27 bits per heavy atom. The molecule has 0 amide bonds. The van der Waals surface area contributed by atoms with Crippen molar-refractivity contribution in [2.75, 3.05) is 19.0 Å². The summed E-state index contributed by atoms with van der Waals surface area (Å²) in [7, 11) is 1.65. The van der Waals surface area contributed by atoms with Crippen molar-refractivity contribution in [2.45, 2.75) is 19.4 Å². The van der Waals surface area contributed by atoms with E-state index in [-0.39, 0.29) is 11.9 Å². The van der Waals surface area contributed by atoms with Crippen LogP contribution in [-0.2, 0) is 4.74 Å². The maximum Gasteiger partial charge on any atom is 0.146 e. The first-order valence-electron chi connectivity index (χ1n) is 4.84. The highest BCUT2D eigenvalue weighted by Gasteiger charge is 2.06. The van der Waals surface area contributed by atoms with Gasteiger partial charge in [0.15, 0.2) is 0 Å². The van der Waals surface area contributed by atoms with Gasteiger partial charge in [-0.2, -0.15) is 0 Å². The molecule has 0 aliphatic carbocycles. The molecule has 0 fully saturated rings. The zero-order chi connectivity index (χ0) is 11.3. The van der Waals surface area contributed by atoms with Crippen molar-refractivity contribution >= 4 is 17.3 Å². The topological polar surface area (TPSA) is 21.3 Å². The number of hydrogen-bond acceptors (Lipinski definition) is 2. The summed E-state index contributed by atoms with van der Waals surface area (Å²) in [6, 6.07) is 4.62. The Balaban J connectivity index is 2.59. The summed E-state index contributed by atoms with van der Waals surface area (Å²) < 4.78 is 18.2. The van der Waals surface area contributed by atoms with Crippen LogP contribution in [0.1, 0.15) is 13.3 Å². The highest BCUT2D eigenvalue weighted by Crippen LogP contribution is 2.20. The molecule has 0 radical (unpaired) electrons. The second kappa shape index (κ2) is 5.93. The first-order valence-corrected chi connectivity index (χ1v) is 5.22. The Bertz CT molecular complexity index is 319. The van der Waals surface area contributed by atoms with Gasteiger partial charge in [-0.25, -0.2) is 4.39 Å². The van der Waals surface area contributed by atoms with Gasteiger partial charge in [-0.05, 0) is 31.5 Å². The third kappa shape index (κ3) is 4.06. The van der Waals surface area contributed by atoms with E-state index in [2.05, 4.69) is 5.32 Å². The Morgan fingerprint density at radius 3 is 2.93 bits per heavy atom. The Labute approximate surface area is 94.4 Å². The number of hydrogen-bond donors (Lipinski definition) is 1. The van der Waals surface area contributed by atoms with E-state index < -0.39 is 0 Å². The molecule has 2 nitrogen and oxygen atoms in total. The van der Waals surface area contributed by atoms with Crippen LogP contribution in [0, 0.1) is 5.82 Å². The highest BCUT2D eigenvalue weighted by molar-refractivity contribution is 6.30. The molecule has 15 heavy (non-hydrogen) atoms. The molecule has 1 rings (SSSR count). The number of ether oxygens (including phenoxy) is 1. The lowest BCUT2D eigenvalue weighted by molar-refractivity contribution is 0.191. The van der Waals surface area contributed by atoms with Crippen molar-refractivity contribution in [1.82, 2.24) is 0 Å². The maximum absolute atomic E-state index is 13.3. The van der Waals surface area contributed by atoms with Crippen molar-refractivity contribution in [3.63, 3.8) is 0 Å². The number of nitrogens with one attached hydrogen (secondary N) is 1. The highest BCUT2D eigenvalue weighted by atomic mass is 35.5. The van der Waals surface area contributed by atoms with Crippen LogP contribution in [0.2, 0.25) is 5.02 Å². The Morgan fingerprint density at radius 1 is 1.53 bits per heavy atom. The molecule has 1 unspecified atom stereocenters. The summed E-state index contributed by atoms with van der Waals surface area (Å²) in [6.45, 7) is 2.62. The summed E-state index contributed by atoms with van der Waals surface area (Å²) in [6.07, 6.45) is 0.822. The lowest BCUT2D eigenvalue weighted by Crippen LogP contribution is -2.17. The molecule has 1 atom stereocenters. The Kier molecular flexibility index (Phi) is 4.85. The third-order valence-electron chi connectivity index (χ3n) is 2.09. The first-order chi connectivity index (χ1) is 7.13. The van der Waals surface area contributed by atoms with Crippen molar-refractivity contribution in [3.8, 4) is 0 Å². The van der Waals surface area contributed by atoms with Crippen LogP contribution in [0.3, 0.4) is 0 Å². The zero-order valence-electron chi connectivity index (χ0n) is 8.89. The van der Waals surface area contributed by atoms with E-state index in [0.717, 1.165) is 6.42 Å². The minimum atomic E-state index is -0.288. The van der Waals surface area contributed by atoms with Gasteiger partial charge < -0.3 is 10.1 Å². The smallest absolute Gasteiger partial charge is 0.146 e. The molecule has 0 spiro atoms. The number of methoxy groups -OCH3 is 1. The van der Waals surface area contributed by atoms with Gasteiger partial charge in [0, 0.05) is 24.8 Å². The van der Waals surface area contributed by atoms with Gasteiger partial charge in [0.2, 0.25) is 0 Å². The van der Waals surface area contributed by atoms with Gasteiger partial charge in [-0.3, -0.25) is 0 Å². The van der Waals surface area contributed by atoms with E-state index in [1.165, 1.54) is 12.1 Å². The Hall–Kier alpha value is -0.800. The molecule has 0 bridgehead atoms. The van der Waals surface area contributed by atoms with Crippen molar-refractivity contribution in [2.24, 2.45) is 0 Å². The van der Waals surface area contributed by atoms with Crippen molar-refractivity contribution in [1.29, 1.82) is 0 Å². The van der Waals surface area contributed by atoms with E-state index in [9.17, 15) is 4.39 Å². The number of rotatable bonds is 5. The molecular weight excluding hydrogens is 217 g/mol. The molecule has 0 aromatic heterocycles. The number of anilines is 1. The van der Waals surface area contributed by atoms with E-state index in [0.29, 0.717) is 17.3 Å². The third-order valence-corrected chi connectivity index (χ3v) is 2.32. The fraction of sp³-hybridized carbons (Fsp3) is 0.455. The van der Waals surface area contributed by atoms with Gasteiger partial charge in [0.05, 0.1) is 5.69 Å². The minimum Gasteiger partial charge on any atom is -0.385 e. The van der Waals surface area contributed by atoms with Crippen LogP contribution in [0.5, 0.6) is 0 Å². The fourth-order valence-electron chi connectivity index (χ4n) is 1.24. The van der Waals surface area contributed by atoms with Gasteiger partial charge in [-0.1, -0.05) is 11.6 Å². The molecule has 0 saturated carbocycles. The van der Waals surface area contributed by atoms with Gasteiger partial charge >= 0.3 is 0 Å². The minimum absolute atomic E-state index is 0.151. The van der Waals surface area contributed by atoms with Gasteiger partial charge in [0.1, 0.15) is 5.82 Å². The van der Waals surface area contributed by atoms with Gasteiger partial charge in [-0.15, -0.1) is 0 Å². The first kappa shape index (κ1) is 12.3. The van der Waals surface area contributed by atoms with E-state index in [1.807, 2.05) is 6.92 Å². The summed E-state index contributed by atoms with van der Waals surface area (Å²) in [5.74, 6) is -0.288. The van der Waals surface area contributed by atoms with Crippen LogP contribution < -0.4 is 5.32 Å². The summed E-state index contributed by atoms with van der Waals surface area (Å²) in [5.41, 5.74) is 0.436. The normalized spacial score (nSPS) is 12.5. The second-order valence-electron chi connectivity index (χ2n) is 3.45. The fourth-order valence-corrected chi connectivity index (χ4v) is 1.41. The average molecular weight is 232 g/mol. The molecule has 0 aliphatic heterocycles. The van der Waals surface area contributed by atoms with E-state index >= 15 is 0 Å². The lowest BCUT2D eigenvalue weighted by Gasteiger charge is -2.15. The molecule has 0 aliphatic rings. The van der Waals surface area contributed by atoms with Crippen molar-refractivity contribution < 1.29 is 9.13 Å². The quantitative estimate of drug-likeness (QED) is 0.840. The largest absolute Gasteiger partial charge is 0.385 e. The second-order valence-corrected chi connectivity index (χ2v) is 3.89. The molecule has 0 saturated heterocycles. The molecule has 4 heteroatoms. The van der Waals surface area contributed by atoms with Crippen LogP contribution in [0.4, 0.5) is 10.1 Å². The predicted octanol–water partition coefficient (Wildman–Crippen LogP) is 3.32. The van der Waals surface area contributed by atoms with Gasteiger partial charge in [0.25, 0.3) is 0 Å². The lowest BCUT2D eigenvalue weighted by atomic mass is 10.2. The molecule has 1 aromatic rings. The van der Waals surface area contributed by atoms with Crippen LogP contribution in [0.25, 0.3) is 0 Å². The summed E-state index contributed by atoms with van der Waals surface area (Å²) in [5, 5.41) is 3.57. The van der Waals surface area contributed by atoms with Crippen molar-refractivity contribution in [3.05, 3.63) is 29.0 Å². The molecule has 1 aromatic carbocycles. The maximum atomic E-state index is 13.3. The molecular formula is C11H15ClFNO. The average Bonchev–Trinajstić information content (AvgIpc) is 2.20. The summed E-state index contributed by atoms with van der Waals surface area (Å²) in [4.78, 5) is 0. The number of benzene rings is 1. The zero-order valence-corrected chi connectivity index (χ0v) is 9.64. The van der Waals surface area contributed by atoms with Crippen LogP contribution in [0.15, 0.2) is 18.2 Å². The number of halogens is 2. The molecule has 84 valence electrons. The molecule has 0 heterocycles. The molecule has 1 N–H and O–H groups in total. The standard InChI is InChI=1S/C11H15ClFNO/c1-8(5-6-15-2)14-11-7-9(12)3-4-10(11)13/h3-4,7-8,14H,5-6H2,1-2H3. The monoisotopic (exact) mass is 231 g/mol. The predicted molar refractivity (Wildman–Crippen MR) is 61.0 cm³/mol. The van der Waals surface area contributed by atoms with Crippen LogP contribution in [-0.4, -0.2) is 19.8 Å². The van der Waals surface area contributed by atoms with E-state index in [1.54, 1.807) is 13.2 Å². The SMILES string of the molecule is COCCC(C)Nc1cc(Cl)ccc1F. The van der Waals surface area contributed by atoms with E-state index in [4.69, 9.17) is 16.3 Å². The summed E-state index contributed by atoms with van der Waals surface area (Å²) >= 11 is 5.77. The van der Waals surface area contributed by atoms with Crippen LogP contribution >= 0.6 is 11.6 Å².